The van der Waals surface area contributed by atoms with Crippen LogP contribution in [0.3, 0.4) is 0 Å². The smallest absolute Gasteiger partial charge is 0.416 e. The average Bonchev–Trinajstić information content (AvgIpc) is 2.77. The number of nitro benzene ring substituents is 1. The van der Waals surface area contributed by atoms with E-state index in [0.29, 0.717) is 12.1 Å². The summed E-state index contributed by atoms with van der Waals surface area (Å²) in [7, 11) is 0. The number of esters is 1. The number of carbonyl (C=O) groups is 1. The molecule has 1 spiro atoms. The van der Waals surface area contributed by atoms with Crippen molar-refractivity contribution < 1.29 is 32.4 Å². The van der Waals surface area contributed by atoms with Gasteiger partial charge < -0.3 is 9.47 Å². The summed E-state index contributed by atoms with van der Waals surface area (Å²) in [4.78, 5) is 25.9. The molecule has 0 unspecified atom stereocenters. The Morgan fingerprint density at radius 1 is 1.19 bits per heavy atom. The summed E-state index contributed by atoms with van der Waals surface area (Å²) in [5.74, 6) is -1.96. The first kappa shape index (κ1) is 18.8. The molecule has 1 aliphatic heterocycles. The summed E-state index contributed by atoms with van der Waals surface area (Å²) >= 11 is 0. The molecule has 1 aromatic rings. The Hall–Kier alpha value is -3.01. The lowest BCUT2D eigenvalue weighted by Gasteiger charge is -2.23. The zero-order valence-electron chi connectivity index (χ0n) is 14.1. The third-order valence-electron chi connectivity index (χ3n) is 3.88. The molecule has 0 saturated carbocycles. The second-order valence-electron chi connectivity index (χ2n) is 6.38. The number of aliphatic imine (C=N–C) groups is 1. The highest BCUT2D eigenvalue weighted by Gasteiger charge is 2.50. The third-order valence-corrected chi connectivity index (χ3v) is 3.88. The molecule has 10 heteroatoms. The Kier molecular flexibility index (Phi) is 4.18. The van der Waals surface area contributed by atoms with Gasteiger partial charge in [-0.05, 0) is 50.3 Å². The summed E-state index contributed by atoms with van der Waals surface area (Å²) in [5, 5.41) is 11.1. The molecule has 0 bridgehead atoms. The lowest BCUT2D eigenvalue weighted by molar-refractivity contribution is -0.384. The van der Waals surface area contributed by atoms with E-state index in [1.54, 1.807) is 13.8 Å². The van der Waals surface area contributed by atoms with E-state index in [-0.39, 0.29) is 11.4 Å². The summed E-state index contributed by atoms with van der Waals surface area (Å²) in [6.07, 6.45) is 0.888. The maximum Gasteiger partial charge on any atom is 0.416 e. The Labute approximate surface area is 150 Å². The predicted octanol–water partition coefficient (Wildman–Crippen LogP) is 3.86. The van der Waals surface area contributed by atoms with Gasteiger partial charge in [0.15, 0.2) is 5.60 Å². The average molecular weight is 382 g/mol. The molecule has 0 radical (unpaired) electrons. The Balaban J connectivity index is 1.91. The molecule has 1 aliphatic carbocycles. The van der Waals surface area contributed by atoms with E-state index in [2.05, 4.69) is 4.99 Å². The minimum Gasteiger partial charge on any atom is -0.423 e. The number of ether oxygens (including phenoxy) is 2. The molecule has 1 heterocycles. The molecule has 0 aromatic heterocycles. The summed E-state index contributed by atoms with van der Waals surface area (Å²) < 4.78 is 49.0. The highest BCUT2D eigenvalue weighted by molar-refractivity contribution is 6.07. The van der Waals surface area contributed by atoms with Crippen molar-refractivity contribution in [1.82, 2.24) is 0 Å². The minimum atomic E-state index is -4.70. The number of hydrogen-bond donors (Lipinski definition) is 0. The van der Waals surface area contributed by atoms with Crippen LogP contribution in [0.5, 0.6) is 0 Å². The van der Waals surface area contributed by atoms with E-state index >= 15 is 0 Å². The molecule has 3 rings (SSSR count). The van der Waals surface area contributed by atoms with Gasteiger partial charge in [0.05, 0.1) is 16.2 Å². The van der Waals surface area contributed by atoms with Crippen molar-refractivity contribution in [3.8, 4) is 0 Å². The summed E-state index contributed by atoms with van der Waals surface area (Å²) in [6, 6.07) is 2.07. The quantitative estimate of drug-likeness (QED) is 0.440. The van der Waals surface area contributed by atoms with Gasteiger partial charge in [0.1, 0.15) is 5.69 Å². The molecule has 0 amide bonds. The Morgan fingerprint density at radius 3 is 2.30 bits per heavy atom. The van der Waals surface area contributed by atoms with E-state index in [0.717, 1.165) is 6.07 Å². The van der Waals surface area contributed by atoms with Crippen molar-refractivity contribution in [3.63, 3.8) is 0 Å². The second-order valence-corrected chi connectivity index (χ2v) is 6.38. The number of hydrogen-bond acceptors (Lipinski definition) is 6. The van der Waals surface area contributed by atoms with E-state index in [1.165, 1.54) is 24.3 Å². The Bertz CT molecular complexity index is 900. The standard InChI is InChI=1S/C17H13F3N2O5/c1-15(2)14(23)26-16(27-15)7-5-11(6-8-16)21-12-4-3-10(17(18,19)20)9-13(12)22(24)25/h3-9H,1-2H3. The van der Waals surface area contributed by atoms with Gasteiger partial charge in [0.2, 0.25) is 0 Å². The van der Waals surface area contributed by atoms with E-state index < -0.39 is 39.7 Å². The summed E-state index contributed by atoms with van der Waals surface area (Å²) in [5.41, 5.74) is -3.08. The van der Waals surface area contributed by atoms with Crippen LogP contribution in [0.1, 0.15) is 19.4 Å². The first-order valence-electron chi connectivity index (χ1n) is 7.68. The van der Waals surface area contributed by atoms with E-state index in [9.17, 15) is 28.1 Å². The number of nitro groups is 1. The number of allylic oxidation sites excluding steroid dienone is 2. The van der Waals surface area contributed by atoms with E-state index in [1.807, 2.05) is 0 Å². The Morgan fingerprint density at radius 2 is 1.81 bits per heavy atom. The maximum absolute atomic E-state index is 12.7. The normalized spacial score (nSPS) is 23.6. The van der Waals surface area contributed by atoms with Crippen molar-refractivity contribution in [1.29, 1.82) is 0 Å². The molecule has 142 valence electrons. The fourth-order valence-electron chi connectivity index (χ4n) is 2.53. The number of carbonyl (C=O) groups excluding carboxylic acids is 1. The number of halogens is 3. The van der Waals surface area contributed by atoms with Crippen molar-refractivity contribution in [2.45, 2.75) is 31.4 Å². The zero-order chi connectivity index (χ0) is 20.0. The number of nitrogens with zero attached hydrogens (tertiary/aromatic N) is 2. The van der Waals surface area contributed by atoms with Crippen LogP contribution in [0, 0.1) is 10.1 Å². The molecule has 27 heavy (non-hydrogen) atoms. The van der Waals surface area contributed by atoms with Crippen molar-refractivity contribution in [2.75, 3.05) is 0 Å². The number of rotatable bonds is 2. The largest absolute Gasteiger partial charge is 0.423 e. The van der Waals surface area contributed by atoms with Crippen LogP contribution < -0.4 is 0 Å². The minimum absolute atomic E-state index is 0.216. The lowest BCUT2D eigenvalue weighted by atomic mass is 10.1. The van der Waals surface area contributed by atoms with Gasteiger partial charge in [-0.2, -0.15) is 13.2 Å². The van der Waals surface area contributed by atoms with Gasteiger partial charge in [-0.1, -0.05) is 0 Å². The molecule has 2 aliphatic rings. The fraction of sp³-hybridized carbons (Fsp3) is 0.294. The van der Waals surface area contributed by atoms with E-state index in [4.69, 9.17) is 9.47 Å². The molecule has 7 nitrogen and oxygen atoms in total. The zero-order valence-corrected chi connectivity index (χ0v) is 14.1. The fourth-order valence-corrected chi connectivity index (χ4v) is 2.53. The SMILES string of the molecule is CC1(C)OC2(C=CC(=Nc3ccc(C(F)(F)F)cc3[N+](=O)[O-])C=C2)OC1=O. The second kappa shape index (κ2) is 6.02. The van der Waals surface area contributed by atoms with Gasteiger partial charge in [-0.15, -0.1) is 0 Å². The molecular formula is C17H13F3N2O5. The van der Waals surface area contributed by atoms with Crippen LogP contribution in [0.2, 0.25) is 0 Å². The van der Waals surface area contributed by atoms with Crippen LogP contribution >= 0.6 is 0 Å². The highest BCUT2D eigenvalue weighted by atomic mass is 19.4. The van der Waals surface area contributed by atoms with Crippen molar-refractivity contribution >= 4 is 23.1 Å². The maximum atomic E-state index is 12.7. The molecule has 1 saturated heterocycles. The molecular weight excluding hydrogens is 369 g/mol. The number of benzene rings is 1. The highest BCUT2D eigenvalue weighted by Crippen LogP contribution is 2.38. The first-order valence-corrected chi connectivity index (χ1v) is 7.68. The number of alkyl halides is 3. The monoisotopic (exact) mass is 382 g/mol. The van der Waals surface area contributed by atoms with Gasteiger partial charge in [0.25, 0.3) is 11.5 Å². The van der Waals surface area contributed by atoms with Gasteiger partial charge >= 0.3 is 12.1 Å². The first-order chi connectivity index (χ1) is 12.4. The van der Waals surface area contributed by atoms with Crippen LogP contribution in [-0.2, 0) is 20.4 Å². The molecule has 0 atom stereocenters. The third kappa shape index (κ3) is 3.61. The summed E-state index contributed by atoms with van der Waals surface area (Å²) in [6.45, 7) is 3.09. The molecule has 0 N–H and O–H groups in total. The molecule has 1 fully saturated rings. The topological polar surface area (TPSA) is 91.0 Å². The van der Waals surface area contributed by atoms with Crippen LogP contribution in [-0.4, -0.2) is 28.0 Å². The van der Waals surface area contributed by atoms with Crippen molar-refractivity contribution in [3.05, 3.63) is 58.2 Å². The van der Waals surface area contributed by atoms with Crippen molar-refractivity contribution in [2.24, 2.45) is 4.99 Å². The van der Waals surface area contributed by atoms with Gasteiger partial charge in [-0.3, -0.25) is 10.1 Å². The van der Waals surface area contributed by atoms with Crippen LogP contribution in [0.25, 0.3) is 0 Å². The van der Waals surface area contributed by atoms with Crippen LogP contribution in [0.4, 0.5) is 24.5 Å². The predicted molar refractivity (Wildman–Crippen MR) is 87.5 cm³/mol. The lowest BCUT2D eigenvalue weighted by Crippen LogP contribution is -2.31. The van der Waals surface area contributed by atoms with Gasteiger partial charge in [-0.25, -0.2) is 9.79 Å². The van der Waals surface area contributed by atoms with Crippen LogP contribution in [0.15, 0.2) is 47.5 Å². The molecule has 1 aromatic carbocycles. The van der Waals surface area contributed by atoms with Gasteiger partial charge in [0, 0.05) is 6.07 Å².